The number of esters is 1. The number of hydrogen-bond acceptors (Lipinski definition) is 4. The van der Waals surface area contributed by atoms with Crippen LogP contribution >= 0.6 is 0 Å². The minimum Gasteiger partial charge on any atom is -0.464 e. The van der Waals surface area contributed by atoms with E-state index in [2.05, 4.69) is 0 Å². The van der Waals surface area contributed by atoms with Gasteiger partial charge < -0.3 is 4.74 Å². The first kappa shape index (κ1) is 18.2. The zero-order valence-electron chi connectivity index (χ0n) is 14.1. The van der Waals surface area contributed by atoms with E-state index in [1.54, 1.807) is 42.5 Å². The molecule has 0 aliphatic heterocycles. The lowest BCUT2D eigenvalue weighted by atomic mass is 10.1. The predicted molar refractivity (Wildman–Crippen MR) is 93.3 cm³/mol. The molecule has 4 nitrogen and oxygen atoms in total. The molecule has 0 aliphatic carbocycles. The van der Waals surface area contributed by atoms with Crippen molar-refractivity contribution < 1.29 is 17.9 Å². The molecule has 0 fully saturated rings. The Morgan fingerprint density at radius 3 is 2.12 bits per heavy atom. The number of ether oxygens (including phenoxy) is 1. The lowest BCUT2D eigenvalue weighted by Crippen LogP contribution is -2.26. The van der Waals surface area contributed by atoms with Gasteiger partial charge >= 0.3 is 5.97 Å². The Labute approximate surface area is 143 Å². The van der Waals surface area contributed by atoms with E-state index in [4.69, 9.17) is 4.74 Å². The van der Waals surface area contributed by atoms with Crippen LogP contribution in [0.1, 0.15) is 30.2 Å². The highest BCUT2D eigenvalue weighted by molar-refractivity contribution is 7.92. The van der Waals surface area contributed by atoms with Crippen molar-refractivity contribution in [2.24, 2.45) is 5.92 Å². The summed E-state index contributed by atoms with van der Waals surface area (Å²) in [5.74, 6) is -0.608. The van der Waals surface area contributed by atoms with Gasteiger partial charge in [0.1, 0.15) is 0 Å². The van der Waals surface area contributed by atoms with E-state index in [1.165, 1.54) is 12.1 Å². The summed E-state index contributed by atoms with van der Waals surface area (Å²) in [6.45, 7) is 5.87. The summed E-state index contributed by atoms with van der Waals surface area (Å²) in [6, 6.07) is 14.9. The quantitative estimate of drug-likeness (QED) is 0.748. The zero-order valence-corrected chi connectivity index (χ0v) is 14.9. The summed E-state index contributed by atoms with van der Waals surface area (Å²) < 4.78 is 31.3. The van der Waals surface area contributed by atoms with E-state index < -0.39 is 21.1 Å². The van der Waals surface area contributed by atoms with Crippen LogP contribution in [0.2, 0.25) is 0 Å². The monoisotopic (exact) mass is 346 g/mol. The fraction of sp³-hybridized carbons (Fsp3) is 0.316. The van der Waals surface area contributed by atoms with Crippen LogP contribution in [0.25, 0.3) is 0 Å². The van der Waals surface area contributed by atoms with Crippen molar-refractivity contribution in [1.29, 1.82) is 0 Å². The summed E-state index contributed by atoms with van der Waals surface area (Å²) in [7, 11) is -3.89. The zero-order chi connectivity index (χ0) is 17.7. The third kappa shape index (κ3) is 4.23. The summed E-state index contributed by atoms with van der Waals surface area (Å²) in [4.78, 5) is 12.6. The van der Waals surface area contributed by atoms with Gasteiger partial charge in [0.15, 0.2) is 15.1 Å². The Morgan fingerprint density at radius 2 is 1.58 bits per heavy atom. The van der Waals surface area contributed by atoms with Crippen molar-refractivity contribution in [2.45, 2.75) is 30.9 Å². The molecule has 0 aromatic heterocycles. The van der Waals surface area contributed by atoms with Crippen molar-refractivity contribution in [3.8, 4) is 0 Å². The summed E-state index contributed by atoms with van der Waals surface area (Å²) in [6.07, 6.45) is 0. The first-order valence-electron chi connectivity index (χ1n) is 7.84. The molecule has 128 valence electrons. The topological polar surface area (TPSA) is 60.4 Å². The van der Waals surface area contributed by atoms with Crippen LogP contribution in [0, 0.1) is 12.8 Å². The van der Waals surface area contributed by atoms with Crippen LogP contribution in [0.3, 0.4) is 0 Å². The maximum absolute atomic E-state index is 13.0. The second-order valence-corrected chi connectivity index (χ2v) is 8.21. The van der Waals surface area contributed by atoms with Gasteiger partial charge in [-0.25, -0.2) is 8.42 Å². The molecule has 5 heteroatoms. The van der Waals surface area contributed by atoms with Gasteiger partial charge in [0.25, 0.3) is 0 Å². The number of aryl methyl sites for hydroxylation is 1. The maximum Gasteiger partial charge on any atom is 0.329 e. The molecule has 0 aliphatic rings. The van der Waals surface area contributed by atoms with Gasteiger partial charge in [-0.2, -0.15) is 0 Å². The summed E-state index contributed by atoms with van der Waals surface area (Å²) in [5, 5.41) is -1.36. The first-order valence-corrected chi connectivity index (χ1v) is 9.39. The molecular weight excluding hydrogens is 324 g/mol. The van der Waals surface area contributed by atoms with Crippen molar-refractivity contribution >= 4 is 15.8 Å². The fourth-order valence-corrected chi connectivity index (χ4v) is 3.88. The van der Waals surface area contributed by atoms with Gasteiger partial charge in [-0.15, -0.1) is 0 Å². The molecule has 2 aromatic rings. The second kappa shape index (κ2) is 7.62. The van der Waals surface area contributed by atoms with Gasteiger partial charge in [-0.1, -0.05) is 61.9 Å². The Morgan fingerprint density at radius 1 is 1.00 bits per heavy atom. The van der Waals surface area contributed by atoms with E-state index >= 15 is 0 Å². The largest absolute Gasteiger partial charge is 0.464 e. The molecule has 2 rings (SSSR count). The third-order valence-corrected chi connectivity index (χ3v) is 5.55. The SMILES string of the molecule is Cc1ccc(S(=O)(=O)C(C(=O)OCC(C)C)c2ccccc2)cc1. The van der Waals surface area contributed by atoms with Crippen molar-refractivity contribution in [2.75, 3.05) is 6.61 Å². The lowest BCUT2D eigenvalue weighted by molar-refractivity contribution is -0.144. The maximum atomic E-state index is 13.0. The minimum atomic E-state index is -3.89. The standard InChI is InChI=1S/C19H22O4S/c1-14(2)13-23-19(20)18(16-7-5-4-6-8-16)24(21,22)17-11-9-15(3)10-12-17/h4-12,14,18H,13H2,1-3H3. The Hall–Kier alpha value is -2.14. The molecule has 1 atom stereocenters. The molecule has 0 spiro atoms. The summed E-state index contributed by atoms with van der Waals surface area (Å²) in [5.41, 5.74) is 1.36. The molecule has 24 heavy (non-hydrogen) atoms. The van der Waals surface area contributed by atoms with E-state index in [1.807, 2.05) is 20.8 Å². The Balaban J connectivity index is 2.45. The van der Waals surface area contributed by atoms with Crippen LogP contribution in [0.15, 0.2) is 59.5 Å². The van der Waals surface area contributed by atoms with E-state index in [0.717, 1.165) is 5.56 Å². The molecule has 0 radical (unpaired) electrons. The molecule has 0 saturated carbocycles. The number of carbonyl (C=O) groups excluding carboxylic acids is 1. The van der Waals surface area contributed by atoms with E-state index in [-0.39, 0.29) is 17.4 Å². The molecule has 0 saturated heterocycles. The highest BCUT2D eigenvalue weighted by Crippen LogP contribution is 2.30. The van der Waals surface area contributed by atoms with E-state index in [9.17, 15) is 13.2 Å². The molecule has 0 amide bonds. The Bertz CT molecular complexity index is 778. The average molecular weight is 346 g/mol. The number of carbonyl (C=O) groups is 1. The van der Waals surface area contributed by atoms with Crippen LogP contribution in [0.5, 0.6) is 0 Å². The lowest BCUT2D eigenvalue weighted by Gasteiger charge is -2.18. The van der Waals surface area contributed by atoms with Crippen LogP contribution in [-0.4, -0.2) is 21.0 Å². The molecule has 0 bridgehead atoms. The second-order valence-electron chi connectivity index (χ2n) is 6.17. The van der Waals surface area contributed by atoms with Crippen molar-refractivity contribution in [3.05, 3.63) is 65.7 Å². The highest BCUT2D eigenvalue weighted by atomic mass is 32.2. The van der Waals surface area contributed by atoms with Gasteiger partial charge in [-0.05, 0) is 30.5 Å². The number of sulfone groups is 1. The number of rotatable bonds is 6. The van der Waals surface area contributed by atoms with Gasteiger partial charge in [0, 0.05) is 0 Å². The summed E-state index contributed by atoms with van der Waals surface area (Å²) >= 11 is 0. The first-order chi connectivity index (χ1) is 11.3. The van der Waals surface area contributed by atoms with Crippen molar-refractivity contribution in [3.63, 3.8) is 0 Å². The average Bonchev–Trinajstić information content (AvgIpc) is 2.54. The van der Waals surface area contributed by atoms with Crippen LogP contribution in [0.4, 0.5) is 0 Å². The molecular formula is C19H22O4S. The smallest absolute Gasteiger partial charge is 0.329 e. The van der Waals surface area contributed by atoms with Gasteiger partial charge in [-0.3, -0.25) is 4.79 Å². The van der Waals surface area contributed by atoms with Crippen LogP contribution in [-0.2, 0) is 19.4 Å². The molecule has 0 N–H and O–H groups in total. The molecule has 1 unspecified atom stereocenters. The fourth-order valence-electron chi connectivity index (χ4n) is 2.26. The third-order valence-electron chi connectivity index (χ3n) is 3.54. The minimum absolute atomic E-state index is 0.114. The van der Waals surface area contributed by atoms with Crippen LogP contribution < -0.4 is 0 Å². The molecule has 2 aromatic carbocycles. The molecule has 0 heterocycles. The van der Waals surface area contributed by atoms with Gasteiger partial charge in [0.2, 0.25) is 0 Å². The Kier molecular flexibility index (Phi) is 5.78. The number of benzene rings is 2. The van der Waals surface area contributed by atoms with Crippen molar-refractivity contribution in [1.82, 2.24) is 0 Å². The highest BCUT2D eigenvalue weighted by Gasteiger charge is 2.37. The predicted octanol–water partition coefficient (Wildman–Crippen LogP) is 3.71. The van der Waals surface area contributed by atoms with Gasteiger partial charge in [0.05, 0.1) is 11.5 Å². The normalized spacial score (nSPS) is 12.8. The number of hydrogen-bond donors (Lipinski definition) is 0. The van der Waals surface area contributed by atoms with E-state index in [0.29, 0.717) is 5.56 Å².